The number of amides is 2. The van der Waals surface area contributed by atoms with Crippen molar-refractivity contribution in [1.29, 1.82) is 5.26 Å². The van der Waals surface area contributed by atoms with Gasteiger partial charge in [0.25, 0.3) is 11.6 Å². The van der Waals surface area contributed by atoms with Gasteiger partial charge in [0.1, 0.15) is 17.3 Å². The first-order valence-electron chi connectivity index (χ1n) is 10.2. The number of para-hydroxylation sites is 1. The largest absolute Gasteiger partial charge is 0.339 e. The van der Waals surface area contributed by atoms with Gasteiger partial charge in [0.2, 0.25) is 5.91 Å². The number of nitriles is 1. The van der Waals surface area contributed by atoms with Gasteiger partial charge in [0.05, 0.1) is 4.92 Å². The molecule has 0 bridgehead atoms. The second-order valence-electron chi connectivity index (χ2n) is 7.28. The predicted molar refractivity (Wildman–Crippen MR) is 131 cm³/mol. The van der Waals surface area contributed by atoms with E-state index in [1.165, 1.54) is 19.1 Å². The number of rotatable bonds is 7. The average Bonchev–Trinajstić information content (AvgIpc) is 2.83. The Morgan fingerprint density at radius 2 is 1.62 bits per heavy atom. The molecule has 0 aromatic heterocycles. The van der Waals surface area contributed by atoms with E-state index in [-0.39, 0.29) is 17.2 Å². The summed E-state index contributed by atoms with van der Waals surface area (Å²) in [6.07, 6.45) is 1.29. The molecule has 9 heteroatoms. The van der Waals surface area contributed by atoms with Crippen molar-refractivity contribution in [3.63, 3.8) is 0 Å². The number of nitrogens with zero attached hydrogens (tertiary/aromatic N) is 3. The van der Waals surface area contributed by atoms with E-state index in [1.807, 2.05) is 36.4 Å². The number of hydrogen-bond acceptors (Lipinski definition) is 6. The first-order valence-corrected chi connectivity index (χ1v) is 10.2. The predicted octanol–water partition coefficient (Wildman–Crippen LogP) is 4.87. The highest BCUT2D eigenvalue weighted by atomic mass is 16.6. The van der Waals surface area contributed by atoms with Crippen LogP contribution in [0.1, 0.15) is 12.5 Å². The van der Waals surface area contributed by atoms with Crippen molar-refractivity contribution in [2.75, 3.05) is 22.6 Å². The van der Waals surface area contributed by atoms with E-state index in [4.69, 9.17) is 0 Å². The summed E-state index contributed by atoms with van der Waals surface area (Å²) < 4.78 is 0. The number of nitro groups is 1. The highest BCUT2D eigenvalue weighted by molar-refractivity contribution is 6.09. The first-order chi connectivity index (χ1) is 16.3. The molecule has 0 aliphatic heterocycles. The molecule has 0 saturated heterocycles. The number of hydrogen-bond donors (Lipinski definition) is 2. The lowest BCUT2D eigenvalue weighted by Gasteiger charge is -2.19. The quantitative estimate of drug-likeness (QED) is 0.226. The van der Waals surface area contributed by atoms with Crippen LogP contribution in [0.4, 0.5) is 28.4 Å². The van der Waals surface area contributed by atoms with E-state index in [9.17, 15) is 25.0 Å². The maximum Gasteiger partial charge on any atom is 0.293 e. The maximum atomic E-state index is 12.6. The summed E-state index contributed by atoms with van der Waals surface area (Å²) >= 11 is 0. The number of carbonyl (C=O) groups is 2. The second kappa shape index (κ2) is 10.6. The average molecular weight is 455 g/mol. The van der Waals surface area contributed by atoms with E-state index in [0.717, 1.165) is 5.69 Å². The molecule has 3 rings (SSSR count). The van der Waals surface area contributed by atoms with Crippen LogP contribution in [-0.4, -0.2) is 23.8 Å². The molecule has 0 radical (unpaired) electrons. The van der Waals surface area contributed by atoms with Gasteiger partial charge in [0.15, 0.2) is 0 Å². The van der Waals surface area contributed by atoms with Gasteiger partial charge in [-0.15, -0.1) is 0 Å². The molecular weight excluding hydrogens is 434 g/mol. The molecule has 9 nitrogen and oxygen atoms in total. The lowest BCUT2D eigenvalue weighted by atomic mass is 10.1. The van der Waals surface area contributed by atoms with Gasteiger partial charge in [-0.05, 0) is 54.1 Å². The van der Waals surface area contributed by atoms with Crippen molar-refractivity contribution in [2.24, 2.45) is 0 Å². The molecule has 34 heavy (non-hydrogen) atoms. The summed E-state index contributed by atoms with van der Waals surface area (Å²) in [5, 5.41) is 26.4. The van der Waals surface area contributed by atoms with Crippen LogP contribution in [-0.2, 0) is 9.59 Å². The molecule has 3 aromatic rings. The van der Waals surface area contributed by atoms with Crippen LogP contribution in [0.15, 0.2) is 78.4 Å². The molecule has 0 fully saturated rings. The molecule has 170 valence electrons. The Morgan fingerprint density at radius 3 is 2.18 bits per heavy atom. The fraction of sp³-hybridized carbons (Fsp3) is 0.0800. The number of carbonyl (C=O) groups excluding carboxylic acids is 2. The topological polar surface area (TPSA) is 128 Å². The molecule has 0 unspecified atom stereocenters. The van der Waals surface area contributed by atoms with Gasteiger partial charge in [-0.1, -0.05) is 24.3 Å². The zero-order valence-corrected chi connectivity index (χ0v) is 18.5. The Hall–Kier alpha value is -4.97. The van der Waals surface area contributed by atoms with Crippen molar-refractivity contribution >= 4 is 46.3 Å². The van der Waals surface area contributed by atoms with Crippen molar-refractivity contribution in [3.8, 4) is 6.07 Å². The van der Waals surface area contributed by atoms with Crippen LogP contribution in [0.5, 0.6) is 0 Å². The summed E-state index contributed by atoms with van der Waals surface area (Å²) in [6.45, 7) is 1.39. The Labute approximate surface area is 196 Å². The molecule has 0 heterocycles. The summed E-state index contributed by atoms with van der Waals surface area (Å²) in [6, 6.07) is 21.9. The Kier molecular flexibility index (Phi) is 7.36. The zero-order valence-electron chi connectivity index (χ0n) is 18.5. The highest BCUT2D eigenvalue weighted by Crippen LogP contribution is 2.33. The molecule has 0 saturated carbocycles. The van der Waals surface area contributed by atoms with E-state index in [1.54, 1.807) is 48.3 Å². The fourth-order valence-corrected chi connectivity index (χ4v) is 3.20. The summed E-state index contributed by atoms with van der Waals surface area (Å²) in [4.78, 5) is 36.6. The van der Waals surface area contributed by atoms with Crippen LogP contribution >= 0.6 is 0 Å². The number of nitrogens with one attached hydrogen (secondary N) is 2. The summed E-state index contributed by atoms with van der Waals surface area (Å²) in [5.41, 5.74) is 2.09. The van der Waals surface area contributed by atoms with Crippen LogP contribution in [0.2, 0.25) is 0 Å². The fourth-order valence-electron chi connectivity index (χ4n) is 3.20. The third kappa shape index (κ3) is 5.83. The van der Waals surface area contributed by atoms with Crippen molar-refractivity contribution in [1.82, 2.24) is 0 Å². The van der Waals surface area contributed by atoms with Gasteiger partial charge < -0.3 is 15.5 Å². The summed E-state index contributed by atoms with van der Waals surface area (Å²) in [7, 11) is 1.72. The second-order valence-corrected chi connectivity index (χ2v) is 7.28. The first kappa shape index (κ1) is 23.7. The lowest BCUT2D eigenvalue weighted by molar-refractivity contribution is -0.384. The Balaban J connectivity index is 1.84. The van der Waals surface area contributed by atoms with Crippen molar-refractivity contribution in [3.05, 3.63) is 94.0 Å². The molecule has 3 aromatic carbocycles. The van der Waals surface area contributed by atoms with E-state index in [2.05, 4.69) is 10.6 Å². The highest BCUT2D eigenvalue weighted by Gasteiger charge is 2.19. The van der Waals surface area contributed by atoms with E-state index >= 15 is 0 Å². The van der Waals surface area contributed by atoms with E-state index in [0.29, 0.717) is 22.6 Å². The van der Waals surface area contributed by atoms with Gasteiger partial charge in [-0.25, -0.2) is 0 Å². The molecule has 0 aliphatic carbocycles. The normalized spacial score (nSPS) is 10.7. The van der Waals surface area contributed by atoms with Gasteiger partial charge in [-0.3, -0.25) is 19.7 Å². The molecule has 2 amide bonds. The molecule has 2 N–H and O–H groups in total. The number of nitro benzene ring substituents is 1. The molecule has 0 aliphatic rings. The smallest absolute Gasteiger partial charge is 0.293 e. The van der Waals surface area contributed by atoms with Crippen LogP contribution in [0, 0.1) is 21.4 Å². The van der Waals surface area contributed by atoms with Gasteiger partial charge >= 0.3 is 0 Å². The third-order valence-electron chi connectivity index (χ3n) is 4.84. The van der Waals surface area contributed by atoms with Crippen LogP contribution in [0.25, 0.3) is 6.08 Å². The minimum absolute atomic E-state index is 0.161. The standard InChI is InChI=1S/C25H21N5O4/c1-17(31)27-20-9-11-21(12-10-20)28-25(32)19(16-26)14-18-8-13-23(24(15-18)30(33)34)29(2)22-6-4-3-5-7-22/h3-15H,1-2H3,(H,27,31)(H,28,32)/b19-14+. The zero-order chi connectivity index (χ0) is 24.7. The SMILES string of the molecule is CC(=O)Nc1ccc(NC(=O)/C(C#N)=C/c2ccc(N(C)c3ccccc3)c([N+](=O)[O-])c2)cc1. The van der Waals surface area contributed by atoms with Crippen molar-refractivity contribution in [2.45, 2.75) is 6.92 Å². The minimum Gasteiger partial charge on any atom is -0.339 e. The van der Waals surface area contributed by atoms with Gasteiger partial charge in [0, 0.05) is 37.1 Å². The van der Waals surface area contributed by atoms with Crippen LogP contribution < -0.4 is 15.5 Å². The number of anilines is 4. The Bertz CT molecular complexity index is 1300. The maximum absolute atomic E-state index is 12.6. The monoisotopic (exact) mass is 455 g/mol. The Morgan fingerprint density at radius 1 is 1.00 bits per heavy atom. The minimum atomic E-state index is -0.664. The van der Waals surface area contributed by atoms with Gasteiger partial charge in [-0.2, -0.15) is 5.26 Å². The van der Waals surface area contributed by atoms with E-state index < -0.39 is 10.8 Å². The number of benzene rings is 3. The lowest BCUT2D eigenvalue weighted by Crippen LogP contribution is -2.14. The molecular formula is C25H21N5O4. The molecule has 0 spiro atoms. The third-order valence-corrected chi connectivity index (χ3v) is 4.84. The molecule has 0 atom stereocenters. The summed E-state index contributed by atoms with van der Waals surface area (Å²) in [5.74, 6) is -0.885. The van der Waals surface area contributed by atoms with Crippen LogP contribution in [0.3, 0.4) is 0 Å². The van der Waals surface area contributed by atoms with Crippen molar-refractivity contribution < 1.29 is 14.5 Å².